The summed E-state index contributed by atoms with van der Waals surface area (Å²) in [5.41, 5.74) is 1.54. The van der Waals surface area contributed by atoms with Crippen LogP contribution in [0.1, 0.15) is 28.9 Å². The number of carbonyl (C=O) groups excluding carboxylic acids is 2. The highest BCUT2D eigenvalue weighted by molar-refractivity contribution is 7.94. The Morgan fingerprint density at radius 1 is 1.12 bits per heavy atom. The molecule has 10 heteroatoms. The van der Waals surface area contributed by atoms with Crippen LogP contribution in [0.5, 0.6) is 11.5 Å². The average Bonchev–Trinajstić information content (AvgIpc) is 2.99. The minimum atomic E-state index is -3.69. The standard InChI is InChI=1S/C23H29N3O6S/c1-15-14-33(29,30)26(23(15)28)18-9-6-16(7-10-18)22(27)24-13-19(25(2)3)17-8-11-20(31-4)21(12-17)32-5/h6-12,15,19H,13-14H2,1-5H3,(H,24,27). The van der Waals surface area contributed by atoms with Gasteiger partial charge in [0.2, 0.25) is 15.9 Å². The molecule has 9 nitrogen and oxygen atoms in total. The van der Waals surface area contributed by atoms with E-state index in [1.807, 2.05) is 37.2 Å². The summed E-state index contributed by atoms with van der Waals surface area (Å²) < 4.78 is 36.0. The highest BCUT2D eigenvalue weighted by Crippen LogP contribution is 2.31. The molecule has 1 saturated heterocycles. The second-order valence-electron chi connectivity index (χ2n) is 8.13. The largest absolute Gasteiger partial charge is 0.493 e. The van der Waals surface area contributed by atoms with E-state index in [-0.39, 0.29) is 23.4 Å². The second-order valence-corrected chi connectivity index (χ2v) is 10.00. The van der Waals surface area contributed by atoms with Crippen LogP contribution in [0.2, 0.25) is 0 Å². The molecule has 1 aliphatic rings. The van der Waals surface area contributed by atoms with Crippen molar-refractivity contribution < 1.29 is 27.5 Å². The van der Waals surface area contributed by atoms with Crippen LogP contribution in [0.4, 0.5) is 5.69 Å². The number of amides is 2. The highest BCUT2D eigenvalue weighted by Gasteiger charge is 2.41. The van der Waals surface area contributed by atoms with Gasteiger partial charge in [0.05, 0.1) is 37.6 Å². The van der Waals surface area contributed by atoms with Gasteiger partial charge < -0.3 is 19.7 Å². The van der Waals surface area contributed by atoms with E-state index >= 15 is 0 Å². The van der Waals surface area contributed by atoms with Crippen LogP contribution >= 0.6 is 0 Å². The predicted octanol–water partition coefficient (Wildman–Crippen LogP) is 2.05. The van der Waals surface area contributed by atoms with Gasteiger partial charge >= 0.3 is 0 Å². The first kappa shape index (κ1) is 24.5. The van der Waals surface area contributed by atoms with Crippen molar-refractivity contribution in [1.29, 1.82) is 0 Å². The van der Waals surface area contributed by atoms with E-state index in [1.165, 1.54) is 24.3 Å². The van der Waals surface area contributed by atoms with Crippen LogP contribution in [-0.2, 0) is 14.8 Å². The Morgan fingerprint density at radius 3 is 2.27 bits per heavy atom. The molecule has 1 heterocycles. The van der Waals surface area contributed by atoms with E-state index in [9.17, 15) is 18.0 Å². The second kappa shape index (κ2) is 9.80. The SMILES string of the molecule is COc1ccc(C(CNC(=O)c2ccc(N3C(=O)C(C)CS3(=O)=O)cc2)N(C)C)cc1OC. The van der Waals surface area contributed by atoms with Crippen molar-refractivity contribution >= 4 is 27.5 Å². The van der Waals surface area contributed by atoms with Gasteiger partial charge in [-0.1, -0.05) is 13.0 Å². The minimum Gasteiger partial charge on any atom is -0.493 e. The molecule has 1 aliphatic heterocycles. The maximum Gasteiger partial charge on any atom is 0.251 e. The number of anilines is 1. The monoisotopic (exact) mass is 475 g/mol. The highest BCUT2D eigenvalue weighted by atomic mass is 32.2. The number of carbonyl (C=O) groups is 2. The van der Waals surface area contributed by atoms with E-state index in [0.29, 0.717) is 23.6 Å². The fourth-order valence-electron chi connectivity index (χ4n) is 3.79. The molecule has 0 radical (unpaired) electrons. The number of nitrogens with zero attached hydrogens (tertiary/aromatic N) is 2. The number of sulfonamides is 1. The summed E-state index contributed by atoms with van der Waals surface area (Å²) in [4.78, 5) is 27.0. The van der Waals surface area contributed by atoms with E-state index in [1.54, 1.807) is 21.1 Å². The van der Waals surface area contributed by atoms with Gasteiger partial charge in [-0.2, -0.15) is 0 Å². The first-order valence-electron chi connectivity index (χ1n) is 10.4. The number of rotatable bonds is 8. The molecule has 0 saturated carbocycles. The maximum absolute atomic E-state index is 12.7. The number of methoxy groups -OCH3 is 2. The summed E-state index contributed by atoms with van der Waals surface area (Å²) in [6.45, 7) is 1.92. The third-order valence-electron chi connectivity index (χ3n) is 5.60. The zero-order valence-electron chi connectivity index (χ0n) is 19.4. The van der Waals surface area contributed by atoms with Gasteiger partial charge in [-0.25, -0.2) is 12.7 Å². The van der Waals surface area contributed by atoms with Crippen molar-refractivity contribution in [1.82, 2.24) is 10.2 Å². The zero-order chi connectivity index (χ0) is 24.3. The topological polar surface area (TPSA) is 105 Å². The molecular formula is C23H29N3O6S. The van der Waals surface area contributed by atoms with Crippen LogP contribution in [0.25, 0.3) is 0 Å². The molecule has 0 bridgehead atoms. The molecule has 1 N–H and O–H groups in total. The van der Waals surface area contributed by atoms with Crippen LogP contribution < -0.4 is 19.1 Å². The van der Waals surface area contributed by atoms with Gasteiger partial charge in [0.1, 0.15) is 0 Å². The third kappa shape index (κ3) is 5.12. The van der Waals surface area contributed by atoms with Gasteiger partial charge in [-0.3, -0.25) is 9.59 Å². The molecule has 3 rings (SSSR count). The maximum atomic E-state index is 12.7. The summed E-state index contributed by atoms with van der Waals surface area (Å²) >= 11 is 0. The quantitative estimate of drug-likeness (QED) is 0.623. The fourth-order valence-corrected chi connectivity index (χ4v) is 5.61. The first-order chi connectivity index (χ1) is 15.6. The van der Waals surface area contributed by atoms with Crippen molar-refractivity contribution in [2.75, 3.05) is 44.9 Å². The molecule has 33 heavy (non-hydrogen) atoms. The number of ether oxygens (including phenoxy) is 2. The lowest BCUT2D eigenvalue weighted by atomic mass is 10.0. The molecule has 2 amide bonds. The van der Waals surface area contributed by atoms with Crippen LogP contribution in [0.3, 0.4) is 0 Å². The number of benzene rings is 2. The molecule has 178 valence electrons. The summed E-state index contributed by atoms with van der Waals surface area (Å²) in [7, 11) is 3.28. The predicted molar refractivity (Wildman–Crippen MR) is 125 cm³/mol. The lowest BCUT2D eigenvalue weighted by molar-refractivity contribution is -0.119. The first-order valence-corrected chi connectivity index (χ1v) is 12.0. The summed E-state index contributed by atoms with van der Waals surface area (Å²) in [6.07, 6.45) is 0. The van der Waals surface area contributed by atoms with E-state index in [0.717, 1.165) is 9.87 Å². The lowest BCUT2D eigenvalue weighted by Crippen LogP contribution is -2.34. The number of nitrogens with one attached hydrogen (secondary N) is 1. The molecule has 2 aromatic carbocycles. The van der Waals surface area contributed by atoms with Gasteiger partial charge in [0, 0.05) is 12.1 Å². The Labute approximate surface area is 194 Å². The number of hydrogen-bond acceptors (Lipinski definition) is 7. The number of hydrogen-bond donors (Lipinski definition) is 1. The van der Waals surface area contributed by atoms with Crippen molar-refractivity contribution in [3.8, 4) is 11.5 Å². The third-order valence-corrected chi connectivity index (χ3v) is 7.46. The summed E-state index contributed by atoms with van der Waals surface area (Å²) in [5, 5.41) is 2.91. The Kier molecular flexibility index (Phi) is 7.28. The molecule has 0 aromatic heterocycles. The van der Waals surface area contributed by atoms with Gasteiger partial charge in [0.15, 0.2) is 11.5 Å². The lowest BCUT2D eigenvalue weighted by Gasteiger charge is -2.26. The molecule has 1 fully saturated rings. The van der Waals surface area contributed by atoms with Crippen molar-refractivity contribution in [2.24, 2.45) is 5.92 Å². The molecule has 2 aromatic rings. The number of likely N-dealkylation sites (N-methyl/N-ethyl adjacent to an activating group) is 1. The van der Waals surface area contributed by atoms with Crippen LogP contribution in [0, 0.1) is 5.92 Å². The fraction of sp³-hybridized carbons (Fsp3) is 0.391. The van der Waals surface area contributed by atoms with E-state index < -0.39 is 21.8 Å². The van der Waals surface area contributed by atoms with Crippen LogP contribution in [-0.4, -0.2) is 65.7 Å². The minimum absolute atomic E-state index is 0.123. The van der Waals surface area contributed by atoms with Gasteiger partial charge in [-0.15, -0.1) is 0 Å². The normalized spacial score (nSPS) is 18.3. The molecule has 0 spiro atoms. The van der Waals surface area contributed by atoms with Gasteiger partial charge in [-0.05, 0) is 56.1 Å². The Bertz CT molecular complexity index is 1130. The van der Waals surface area contributed by atoms with Crippen molar-refractivity contribution in [2.45, 2.75) is 13.0 Å². The Morgan fingerprint density at radius 2 is 1.76 bits per heavy atom. The summed E-state index contributed by atoms with van der Waals surface area (Å²) in [5.74, 6) is -0.345. The smallest absolute Gasteiger partial charge is 0.251 e. The van der Waals surface area contributed by atoms with Crippen molar-refractivity contribution in [3.05, 3.63) is 53.6 Å². The summed E-state index contributed by atoms with van der Waals surface area (Å²) in [6, 6.07) is 11.5. The average molecular weight is 476 g/mol. The zero-order valence-corrected chi connectivity index (χ0v) is 20.2. The molecule has 0 aliphatic carbocycles. The van der Waals surface area contributed by atoms with Crippen molar-refractivity contribution in [3.63, 3.8) is 0 Å². The molecule has 2 atom stereocenters. The van der Waals surface area contributed by atoms with E-state index in [4.69, 9.17) is 9.47 Å². The van der Waals surface area contributed by atoms with Crippen LogP contribution in [0.15, 0.2) is 42.5 Å². The Balaban J connectivity index is 1.72. The van der Waals surface area contributed by atoms with E-state index in [2.05, 4.69) is 5.32 Å². The van der Waals surface area contributed by atoms with Gasteiger partial charge in [0.25, 0.3) is 5.91 Å². The molecular weight excluding hydrogens is 446 g/mol. The molecule has 2 unspecified atom stereocenters. The Hall–Kier alpha value is -3.11.